The van der Waals surface area contributed by atoms with E-state index in [0.29, 0.717) is 63.4 Å². The van der Waals surface area contributed by atoms with E-state index in [9.17, 15) is 23.1 Å². The number of carbonyl (C=O) groups excluding carboxylic acids is 1. The van der Waals surface area contributed by atoms with Gasteiger partial charge in [-0.1, -0.05) is 35.9 Å². The Labute approximate surface area is 232 Å². The van der Waals surface area contributed by atoms with Crippen molar-refractivity contribution in [3.63, 3.8) is 0 Å². The van der Waals surface area contributed by atoms with Crippen molar-refractivity contribution in [3.05, 3.63) is 68.5 Å². The van der Waals surface area contributed by atoms with E-state index in [1.165, 1.54) is 4.31 Å². The maximum atomic E-state index is 13.8. The van der Waals surface area contributed by atoms with Crippen molar-refractivity contribution in [3.8, 4) is 16.2 Å². The van der Waals surface area contributed by atoms with Crippen LogP contribution in [0.4, 0.5) is 5.69 Å². The predicted octanol–water partition coefficient (Wildman–Crippen LogP) is 5.20. The number of ether oxygens (including phenoxy) is 1. The molecule has 1 aliphatic heterocycles. The lowest BCUT2D eigenvalue weighted by Crippen LogP contribution is -2.46. The standard InChI is InChI=1S/C25H24BrClN2O6S2/c26-21-22(35-13-12-30)24(25(31)32)36-23(21)17-2-1-3-20(14-17)29(19-8-10-28-11-9-19)37(33,34)15-16-4-6-18(27)7-5-16/h1-7,12,14,19,28H,8-11,13,15H2,(H,31,32). The van der Waals surface area contributed by atoms with E-state index in [1.54, 1.807) is 48.5 Å². The van der Waals surface area contributed by atoms with Crippen molar-refractivity contribution in [1.82, 2.24) is 5.32 Å². The molecule has 0 unspecified atom stereocenters. The Balaban J connectivity index is 1.76. The van der Waals surface area contributed by atoms with Crippen LogP contribution in [0.3, 0.4) is 0 Å². The number of carboxylic acid groups (broad SMARTS) is 1. The smallest absolute Gasteiger partial charge is 0.349 e. The van der Waals surface area contributed by atoms with E-state index < -0.39 is 16.0 Å². The minimum atomic E-state index is -3.78. The fraction of sp³-hybridized carbons (Fsp3) is 0.280. The number of halogens is 2. The molecule has 2 aromatic carbocycles. The molecule has 37 heavy (non-hydrogen) atoms. The number of sulfonamides is 1. The number of hydrogen-bond donors (Lipinski definition) is 2. The Morgan fingerprint density at radius 2 is 1.92 bits per heavy atom. The molecule has 196 valence electrons. The molecule has 0 aliphatic carbocycles. The third-order valence-electron chi connectivity index (χ3n) is 5.86. The highest BCUT2D eigenvalue weighted by Gasteiger charge is 2.32. The summed E-state index contributed by atoms with van der Waals surface area (Å²) in [4.78, 5) is 23.1. The number of carboxylic acids is 1. The normalized spacial score (nSPS) is 14.3. The number of hydrogen-bond acceptors (Lipinski definition) is 7. The quantitative estimate of drug-likeness (QED) is 0.297. The maximum Gasteiger partial charge on any atom is 0.349 e. The zero-order chi connectivity index (χ0) is 26.6. The zero-order valence-corrected chi connectivity index (χ0v) is 23.5. The van der Waals surface area contributed by atoms with Crippen LogP contribution in [0.5, 0.6) is 5.75 Å². The minimum absolute atomic E-state index is 0.0558. The van der Waals surface area contributed by atoms with Gasteiger partial charge >= 0.3 is 5.97 Å². The average molecular weight is 628 g/mol. The van der Waals surface area contributed by atoms with E-state index in [2.05, 4.69) is 21.2 Å². The minimum Gasteiger partial charge on any atom is -0.483 e. The summed E-state index contributed by atoms with van der Waals surface area (Å²) in [6, 6.07) is 13.5. The molecule has 12 heteroatoms. The molecule has 2 heterocycles. The molecular weight excluding hydrogens is 604 g/mol. The van der Waals surface area contributed by atoms with Gasteiger partial charge in [-0.25, -0.2) is 13.2 Å². The second-order valence-electron chi connectivity index (χ2n) is 8.40. The van der Waals surface area contributed by atoms with Crippen LogP contribution in [-0.2, 0) is 20.6 Å². The van der Waals surface area contributed by atoms with Crippen LogP contribution in [0.15, 0.2) is 53.0 Å². The van der Waals surface area contributed by atoms with Crippen LogP contribution in [0.1, 0.15) is 28.1 Å². The Morgan fingerprint density at radius 3 is 2.57 bits per heavy atom. The highest BCUT2D eigenvalue weighted by atomic mass is 79.9. The van der Waals surface area contributed by atoms with Crippen molar-refractivity contribution in [1.29, 1.82) is 0 Å². The number of aromatic carboxylic acids is 1. The number of aldehydes is 1. The van der Waals surface area contributed by atoms with Crippen LogP contribution in [-0.4, -0.2) is 51.5 Å². The summed E-state index contributed by atoms with van der Waals surface area (Å²) >= 11 is 10.4. The third kappa shape index (κ3) is 6.35. The van der Waals surface area contributed by atoms with Gasteiger partial charge in [0.05, 0.1) is 20.8 Å². The van der Waals surface area contributed by atoms with E-state index in [0.717, 1.165) is 11.3 Å². The highest BCUT2D eigenvalue weighted by Crippen LogP contribution is 2.46. The van der Waals surface area contributed by atoms with Crippen molar-refractivity contribution in [2.75, 3.05) is 24.0 Å². The third-order valence-corrected chi connectivity index (χ3v) is 10.1. The Bertz CT molecular complexity index is 1390. The molecule has 0 saturated carbocycles. The molecule has 0 bridgehead atoms. The summed E-state index contributed by atoms with van der Waals surface area (Å²) in [5.74, 6) is -1.31. The van der Waals surface area contributed by atoms with Crippen LogP contribution in [0.25, 0.3) is 10.4 Å². The van der Waals surface area contributed by atoms with Gasteiger partial charge in [-0.15, -0.1) is 11.3 Å². The summed E-state index contributed by atoms with van der Waals surface area (Å²) < 4.78 is 34.9. The fourth-order valence-corrected chi connectivity index (χ4v) is 8.12. The van der Waals surface area contributed by atoms with Crippen LogP contribution in [0.2, 0.25) is 5.02 Å². The number of benzene rings is 2. The molecular formula is C25H24BrClN2O6S2. The summed E-state index contributed by atoms with van der Waals surface area (Å²) in [6.07, 6.45) is 1.84. The highest BCUT2D eigenvalue weighted by molar-refractivity contribution is 9.10. The molecule has 0 spiro atoms. The molecule has 8 nitrogen and oxygen atoms in total. The summed E-state index contributed by atoms with van der Waals surface area (Å²) in [5, 5.41) is 13.5. The first kappa shape index (κ1) is 27.6. The predicted molar refractivity (Wildman–Crippen MR) is 148 cm³/mol. The first-order valence-corrected chi connectivity index (χ1v) is 15.0. The SMILES string of the molecule is O=CCOc1c(C(=O)O)sc(-c2cccc(N(C3CCNCC3)S(=O)(=O)Cc3ccc(Cl)cc3)c2)c1Br. The van der Waals surface area contributed by atoms with Crippen molar-refractivity contribution in [2.45, 2.75) is 24.6 Å². The lowest BCUT2D eigenvalue weighted by atomic mass is 10.1. The molecule has 1 aliphatic rings. The van der Waals surface area contributed by atoms with Gasteiger partial charge in [0.1, 0.15) is 6.61 Å². The van der Waals surface area contributed by atoms with Crippen LogP contribution >= 0.6 is 38.9 Å². The summed E-state index contributed by atoms with van der Waals surface area (Å²) in [5.41, 5.74) is 1.74. The number of nitrogens with zero attached hydrogens (tertiary/aromatic N) is 1. The van der Waals surface area contributed by atoms with E-state index in [-0.39, 0.29) is 29.0 Å². The van der Waals surface area contributed by atoms with E-state index in [1.807, 2.05) is 0 Å². The van der Waals surface area contributed by atoms with Gasteiger partial charge in [0.15, 0.2) is 16.9 Å². The summed E-state index contributed by atoms with van der Waals surface area (Å²) in [7, 11) is -3.78. The van der Waals surface area contributed by atoms with Crippen molar-refractivity contribution in [2.24, 2.45) is 0 Å². The lowest BCUT2D eigenvalue weighted by Gasteiger charge is -2.35. The number of nitrogens with one attached hydrogen (secondary N) is 1. The molecule has 0 amide bonds. The Hall–Kier alpha value is -2.44. The van der Waals surface area contributed by atoms with E-state index >= 15 is 0 Å². The average Bonchev–Trinajstić information content (AvgIpc) is 3.21. The molecule has 1 fully saturated rings. The second kappa shape index (κ2) is 12.0. The number of anilines is 1. The molecule has 4 rings (SSSR count). The number of rotatable bonds is 10. The Morgan fingerprint density at radius 1 is 1.22 bits per heavy atom. The lowest BCUT2D eigenvalue weighted by molar-refractivity contribution is -0.109. The first-order valence-electron chi connectivity index (χ1n) is 11.4. The largest absolute Gasteiger partial charge is 0.483 e. The van der Waals surface area contributed by atoms with Crippen LogP contribution in [0, 0.1) is 0 Å². The summed E-state index contributed by atoms with van der Waals surface area (Å²) in [6.45, 7) is 1.11. The monoisotopic (exact) mass is 626 g/mol. The molecule has 2 N–H and O–H groups in total. The van der Waals surface area contributed by atoms with Crippen LogP contribution < -0.4 is 14.4 Å². The first-order chi connectivity index (χ1) is 17.7. The molecule has 1 saturated heterocycles. The van der Waals surface area contributed by atoms with Gasteiger partial charge in [0.25, 0.3) is 0 Å². The number of carbonyl (C=O) groups is 2. The van der Waals surface area contributed by atoms with Gasteiger partial charge in [-0.05, 0) is 77.3 Å². The van der Waals surface area contributed by atoms with Crippen molar-refractivity contribution >= 4 is 66.8 Å². The molecule has 0 atom stereocenters. The molecule has 0 radical (unpaired) electrons. The maximum absolute atomic E-state index is 13.8. The van der Waals surface area contributed by atoms with Gasteiger partial charge in [0, 0.05) is 11.1 Å². The van der Waals surface area contributed by atoms with E-state index in [4.69, 9.17) is 16.3 Å². The second-order valence-corrected chi connectivity index (χ2v) is 12.5. The van der Waals surface area contributed by atoms with Gasteiger partial charge in [-0.2, -0.15) is 0 Å². The molecule has 1 aromatic heterocycles. The molecule has 3 aromatic rings. The number of thiophene rings is 1. The Kier molecular flexibility index (Phi) is 8.91. The van der Waals surface area contributed by atoms with Gasteiger partial charge in [-0.3, -0.25) is 9.10 Å². The van der Waals surface area contributed by atoms with Gasteiger partial charge < -0.3 is 15.2 Å². The zero-order valence-electron chi connectivity index (χ0n) is 19.5. The fourth-order valence-electron chi connectivity index (χ4n) is 4.25. The topological polar surface area (TPSA) is 113 Å². The van der Waals surface area contributed by atoms with Crippen molar-refractivity contribution < 1.29 is 27.9 Å². The number of piperidine rings is 1. The van der Waals surface area contributed by atoms with Gasteiger partial charge in [0.2, 0.25) is 10.0 Å².